The van der Waals surface area contributed by atoms with E-state index in [-0.39, 0.29) is 0 Å². The minimum Gasteiger partial charge on any atom is -0.136 e. The summed E-state index contributed by atoms with van der Waals surface area (Å²) in [5.41, 5.74) is 13.5. The number of fused-ring (bicyclic) bond motifs is 4. The second-order valence-electron chi connectivity index (χ2n) is 8.40. The SMILES string of the molecule is Cc1c2cccc1CC1=[N+]3C[N+]4=C(C=C/C4=C/2)Cc2cccc(c2C)/C=C\3C=C1. The molecule has 0 radical (unpaired) electrons. The fraction of sp³-hybridized carbons (Fsp3) is 0.185. The molecule has 0 atom stereocenters. The topological polar surface area (TPSA) is 6.02 Å². The second kappa shape index (κ2) is 6.12. The molecule has 0 spiro atoms. The third-order valence-electron chi connectivity index (χ3n) is 6.82. The first-order valence-electron chi connectivity index (χ1n) is 10.4. The molecular weight excluding hydrogens is 352 g/mol. The zero-order chi connectivity index (χ0) is 19.5. The van der Waals surface area contributed by atoms with E-state index in [9.17, 15) is 0 Å². The lowest BCUT2D eigenvalue weighted by molar-refractivity contribution is -0.677. The maximum Gasteiger partial charge on any atom is 0.345 e. The van der Waals surface area contributed by atoms with Gasteiger partial charge in [-0.3, -0.25) is 0 Å². The molecule has 0 amide bonds. The number of hydrogen-bond acceptors (Lipinski definition) is 0. The van der Waals surface area contributed by atoms with Crippen molar-refractivity contribution < 1.29 is 9.15 Å². The molecule has 6 bridgehead atoms. The van der Waals surface area contributed by atoms with Gasteiger partial charge in [0.15, 0.2) is 11.4 Å². The van der Waals surface area contributed by atoms with Gasteiger partial charge in [-0.2, -0.15) is 0 Å². The van der Waals surface area contributed by atoms with Gasteiger partial charge in [0.25, 0.3) is 0 Å². The first kappa shape index (κ1) is 16.7. The van der Waals surface area contributed by atoms with Crippen LogP contribution in [0.15, 0.2) is 72.1 Å². The number of nitrogens with zero attached hydrogens (tertiary/aromatic N) is 2. The van der Waals surface area contributed by atoms with Crippen LogP contribution in [0, 0.1) is 13.8 Å². The summed E-state index contributed by atoms with van der Waals surface area (Å²) in [5, 5.41) is 0. The number of allylic oxidation sites excluding steroid dienone is 4. The highest BCUT2D eigenvalue weighted by atomic mass is 15.2. The Hall–Kier alpha value is -3.26. The molecule has 2 aromatic carbocycles. The largest absolute Gasteiger partial charge is 0.345 e. The van der Waals surface area contributed by atoms with Crippen molar-refractivity contribution >= 4 is 23.6 Å². The average molecular weight is 377 g/mol. The van der Waals surface area contributed by atoms with Crippen LogP contribution in [0.1, 0.15) is 33.4 Å². The van der Waals surface area contributed by atoms with Crippen molar-refractivity contribution in [3.63, 3.8) is 0 Å². The summed E-state index contributed by atoms with van der Waals surface area (Å²) >= 11 is 0. The molecule has 0 fully saturated rings. The van der Waals surface area contributed by atoms with Crippen LogP contribution in [0.3, 0.4) is 0 Å². The normalized spacial score (nSPS) is 22.4. The predicted molar refractivity (Wildman–Crippen MR) is 119 cm³/mol. The fourth-order valence-electron chi connectivity index (χ4n) is 4.91. The molecule has 2 heteroatoms. The van der Waals surface area contributed by atoms with Crippen molar-refractivity contribution in [2.45, 2.75) is 26.7 Å². The van der Waals surface area contributed by atoms with E-state index in [1.54, 1.807) is 0 Å². The van der Waals surface area contributed by atoms with Crippen LogP contribution in [0.5, 0.6) is 0 Å². The van der Waals surface area contributed by atoms with Gasteiger partial charge in [-0.05, 0) is 47.2 Å². The Morgan fingerprint density at radius 2 is 1.10 bits per heavy atom. The van der Waals surface area contributed by atoms with Crippen LogP contribution in [0.25, 0.3) is 12.2 Å². The van der Waals surface area contributed by atoms with Crippen molar-refractivity contribution in [2.24, 2.45) is 0 Å². The van der Waals surface area contributed by atoms with Crippen molar-refractivity contribution in [1.82, 2.24) is 0 Å². The molecule has 0 saturated carbocycles. The molecule has 4 heterocycles. The molecular formula is C27H24N2+2. The van der Waals surface area contributed by atoms with E-state index in [2.05, 4.69) is 95.9 Å². The van der Waals surface area contributed by atoms with Crippen LogP contribution >= 0.6 is 0 Å². The number of benzene rings is 2. The maximum atomic E-state index is 2.50. The van der Waals surface area contributed by atoms with E-state index in [0.29, 0.717) is 0 Å². The molecule has 0 aromatic heterocycles. The van der Waals surface area contributed by atoms with Gasteiger partial charge in [-0.1, -0.05) is 36.4 Å². The quantitative estimate of drug-likeness (QED) is 0.583. The first-order chi connectivity index (χ1) is 14.2. The van der Waals surface area contributed by atoms with Crippen molar-refractivity contribution in [1.29, 1.82) is 0 Å². The van der Waals surface area contributed by atoms with Crippen LogP contribution in [-0.4, -0.2) is 27.2 Å². The Bertz CT molecular complexity index is 1180. The van der Waals surface area contributed by atoms with Crippen molar-refractivity contribution in [3.05, 3.63) is 105 Å². The summed E-state index contributed by atoms with van der Waals surface area (Å²) < 4.78 is 4.99. The summed E-state index contributed by atoms with van der Waals surface area (Å²) in [5.74, 6) is 0. The lowest BCUT2D eigenvalue weighted by Gasteiger charge is -2.14. The molecule has 0 saturated heterocycles. The Labute approximate surface area is 171 Å². The van der Waals surface area contributed by atoms with Crippen LogP contribution in [0.2, 0.25) is 0 Å². The monoisotopic (exact) mass is 376 g/mol. The third kappa shape index (κ3) is 2.56. The summed E-state index contributed by atoms with van der Waals surface area (Å²) in [7, 11) is 0. The molecule has 29 heavy (non-hydrogen) atoms. The van der Waals surface area contributed by atoms with E-state index in [1.165, 1.54) is 56.2 Å². The highest BCUT2D eigenvalue weighted by molar-refractivity contribution is 5.97. The van der Waals surface area contributed by atoms with E-state index in [4.69, 9.17) is 0 Å². The standard InChI is InChI=1S/C27H24N2/c1-18-20-5-3-6-21(18)14-25-10-12-27-16-23-8-4-7-22(19(23)2)15-26-11-9-24(13-20)28(26)17-29(25)27/h3-13,16H,14-15,17H2,1-2H3/q+2/b24-13-,27-16-. The Kier molecular flexibility index (Phi) is 3.52. The van der Waals surface area contributed by atoms with E-state index in [1.807, 2.05) is 0 Å². The van der Waals surface area contributed by atoms with Crippen LogP contribution in [0.4, 0.5) is 0 Å². The first-order valence-corrected chi connectivity index (χ1v) is 10.4. The van der Waals surface area contributed by atoms with Gasteiger partial charge >= 0.3 is 6.67 Å². The zero-order valence-electron chi connectivity index (χ0n) is 16.9. The molecule has 2 aromatic rings. The summed E-state index contributed by atoms with van der Waals surface area (Å²) in [6.45, 7) is 5.37. The molecule has 4 aliphatic rings. The van der Waals surface area contributed by atoms with Crippen molar-refractivity contribution in [2.75, 3.05) is 6.67 Å². The average Bonchev–Trinajstić information content (AvgIpc) is 3.25. The van der Waals surface area contributed by atoms with E-state index < -0.39 is 0 Å². The molecule has 4 aliphatic heterocycles. The minimum absolute atomic E-state index is 0.856. The molecule has 0 unspecified atom stereocenters. The zero-order valence-corrected chi connectivity index (χ0v) is 16.9. The maximum absolute atomic E-state index is 2.50. The van der Waals surface area contributed by atoms with Gasteiger partial charge in [0, 0.05) is 36.5 Å². The van der Waals surface area contributed by atoms with Crippen LogP contribution in [-0.2, 0) is 12.8 Å². The van der Waals surface area contributed by atoms with Gasteiger partial charge in [0.05, 0.1) is 12.8 Å². The Balaban J connectivity index is 1.68. The van der Waals surface area contributed by atoms with Gasteiger partial charge in [0.2, 0.25) is 11.4 Å². The smallest absolute Gasteiger partial charge is 0.136 e. The Morgan fingerprint density at radius 3 is 1.59 bits per heavy atom. The molecule has 0 aliphatic carbocycles. The molecule has 140 valence electrons. The minimum atomic E-state index is 0.856. The Morgan fingerprint density at radius 1 is 0.621 bits per heavy atom. The molecule has 0 N–H and O–H groups in total. The highest BCUT2D eigenvalue weighted by Gasteiger charge is 2.34. The lowest BCUT2D eigenvalue weighted by Crippen LogP contribution is -2.30. The second-order valence-corrected chi connectivity index (χ2v) is 8.40. The predicted octanol–water partition coefficient (Wildman–Crippen LogP) is 4.80. The van der Waals surface area contributed by atoms with Crippen molar-refractivity contribution in [3.8, 4) is 0 Å². The van der Waals surface area contributed by atoms with Gasteiger partial charge in [-0.15, -0.1) is 9.15 Å². The lowest BCUT2D eigenvalue weighted by atomic mass is 9.97. The molecule has 6 rings (SSSR count). The fourth-order valence-corrected chi connectivity index (χ4v) is 4.91. The van der Waals surface area contributed by atoms with Gasteiger partial charge < -0.3 is 0 Å². The van der Waals surface area contributed by atoms with Gasteiger partial charge in [0.1, 0.15) is 0 Å². The summed E-state index contributed by atoms with van der Waals surface area (Å²) in [4.78, 5) is 0. The summed E-state index contributed by atoms with van der Waals surface area (Å²) in [6, 6.07) is 13.4. The van der Waals surface area contributed by atoms with E-state index in [0.717, 1.165) is 19.5 Å². The van der Waals surface area contributed by atoms with Crippen LogP contribution < -0.4 is 0 Å². The van der Waals surface area contributed by atoms with Gasteiger partial charge in [-0.25, -0.2) is 0 Å². The number of rotatable bonds is 0. The highest BCUT2D eigenvalue weighted by Crippen LogP contribution is 2.28. The van der Waals surface area contributed by atoms with E-state index >= 15 is 0 Å². The molecule has 2 nitrogen and oxygen atoms in total. The summed E-state index contributed by atoms with van der Waals surface area (Å²) in [6.07, 6.45) is 15.8. The third-order valence-corrected chi connectivity index (χ3v) is 6.82. The number of hydrogen-bond donors (Lipinski definition) is 0.